The van der Waals surface area contributed by atoms with Gasteiger partial charge in [-0.15, -0.1) is 0 Å². The summed E-state index contributed by atoms with van der Waals surface area (Å²) in [6.45, 7) is 0.668. The van der Waals surface area contributed by atoms with Crippen molar-refractivity contribution in [1.29, 1.82) is 0 Å². The Kier molecular flexibility index (Phi) is 4.19. The first kappa shape index (κ1) is 12.9. The molecule has 0 heterocycles. The molecule has 4 heteroatoms. The minimum Gasteiger partial charge on any atom is -0.381 e. The molecule has 1 amide bonds. The van der Waals surface area contributed by atoms with E-state index in [0.717, 1.165) is 11.3 Å². The molecule has 0 aliphatic heterocycles. The molecule has 2 aromatic rings. The lowest BCUT2D eigenvalue weighted by atomic mass is 10.1. The lowest BCUT2D eigenvalue weighted by molar-refractivity contribution is 0.1000. The first-order valence-electron chi connectivity index (χ1n) is 5.53. The molecule has 0 saturated heterocycles. The van der Waals surface area contributed by atoms with Gasteiger partial charge in [-0.1, -0.05) is 12.1 Å². The predicted molar refractivity (Wildman–Crippen MR) is 81.4 cm³/mol. The highest BCUT2D eigenvalue weighted by molar-refractivity contribution is 14.1. The number of nitrogens with one attached hydrogen (secondary N) is 1. The highest BCUT2D eigenvalue weighted by Crippen LogP contribution is 2.13. The molecular weight excluding hydrogens is 339 g/mol. The number of carbonyl (C=O) groups is 1. The highest BCUT2D eigenvalue weighted by Gasteiger charge is 2.01. The summed E-state index contributed by atoms with van der Waals surface area (Å²) in [5, 5.41) is 3.30. The summed E-state index contributed by atoms with van der Waals surface area (Å²) < 4.78 is 1.20. The molecule has 0 fully saturated rings. The lowest BCUT2D eigenvalue weighted by Gasteiger charge is -2.07. The van der Waals surface area contributed by atoms with Crippen LogP contribution >= 0.6 is 22.6 Å². The van der Waals surface area contributed by atoms with Crippen LogP contribution in [0.2, 0.25) is 0 Å². The van der Waals surface area contributed by atoms with Crippen LogP contribution in [0.5, 0.6) is 0 Å². The second-order valence-electron chi connectivity index (χ2n) is 3.93. The fraction of sp³-hybridized carbons (Fsp3) is 0.0714. The molecule has 0 atom stereocenters. The first-order chi connectivity index (χ1) is 8.65. The Hall–Kier alpha value is -1.56. The number of hydrogen-bond donors (Lipinski definition) is 2. The van der Waals surface area contributed by atoms with E-state index in [1.54, 1.807) is 6.07 Å². The molecule has 0 radical (unpaired) electrons. The molecule has 3 nitrogen and oxygen atoms in total. The van der Waals surface area contributed by atoms with Gasteiger partial charge in [0.2, 0.25) is 5.91 Å². The maximum Gasteiger partial charge on any atom is 0.248 e. The van der Waals surface area contributed by atoms with Crippen LogP contribution in [0.3, 0.4) is 0 Å². The van der Waals surface area contributed by atoms with Gasteiger partial charge in [-0.05, 0) is 64.6 Å². The lowest BCUT2D eigenvalue weighted by Crippen LogP contribution is -2.11. The Balaban J connectivity index is 2.04. The van der Waals surface area contributed by atoms with Crippen LogP contribution in [-0.2, 0) is 6.54 Å². The molecule has 2 aromatic carbocycles. The van der Waals surface area contributed by atoms with Crippen LogP contribution in [0.1, 0.15) is 15.9 Å². The van der Waals surface area contributed by atoms with Gasteiger partial charge in [0.25, 0.3) is 0 Å². The summed E-state index contributed by atoms with van der Waals surface area (Å²) >= 11 is 2.27. The van der Waals surface area contributed by atoms with Gasteiger partial charge in [-0.25, -0.2) is 0 Å². The molecule has 0 unspecified atom stereocenters. The van der Waals surface area contributed by atoms with Crippen LogP contribution < -0.4 is 11.1 Å². The third-order valence-electron chi connectivity index (χ3n) is 2.55. The van der Waals surface area contributed by atoms with E-state index >= 15 is 0 Å². The van der Waals surface area contributed by atoms with Crippen LogP contribution in [0.25, 0.3) is 0 Å². The van der Waals surface area contributed by atoms with Crippen LogP contribution in [0.15, 0.2) is 48.5 Å². The van der Waals surface area contributed by atoms with E-state index in [2.05, 4.69) is 27.9 Å². The van der Waals surface area contributed by atoms with E-state index in [4.69, 9.17) is 5.73 Å². The summed E-state index contributed by atoms with van der Waals surface area (Å²) in [5.41, 5.74) is 7.87. The Morgan fingerprint density at radius 2 is 1.89 bits per heavy atom. The summed E-state index contributed by atoms with van der Waals surface area (Å²) in [6, 6.07) is 15.5. The average molecular weight is 352 g/mol. The minimum atomic E-state index is -0.397. The quantitative estimate of drug-likeness (QED) is 0.832. The summed E-state index contributed by atoms with van der Waals surface area (Å²) in [5.74, 6) is -0.397. The molecule has 0 aromatic heterocycles. The Morgan fingerprint density at radius 1 is 1.17 bits per heavy atom. The van der Waals surface area contributed by atoms with E-state index in [1.807, 2.05) is 42.5 Å². The normalized spacial score (nSPS) is 10.1. The molecule has 3 N–H and O–H groups in total. The van der Waals surface area contributed by atoms with Crippen molar-refractivity contribution in [3.8, 4) is 0 Å². The number of rotatable bonds is 4. The monoisotopic (exact) mass is 352 g/mol. The van der Waals surface area contributed by atoms with Crippen LogP contribution in [0, 0.1) is 3.57 Å². The van der Waals surface area contributed by atoms with Crippen molar-refractivity contribution in [3.05, 3.63) is 63.2 Å². The van der Waals surface area contributed by atoms with Gasteiger partial charge in [0.15, 0.2) is 0 Å². The number of hydrogen-bond acceptors (Lipinski definition) is 2. The maximum absolute atomic E-state index is 11.1. The molecular formula is C14H13IN2O. The van der Waals surface area contributed by atoms with Gasteiger partial charge in [-0.3, -0.25) is 4.79 Å². The number of anilines is 1. The number of benzene rings is 2. The Morgan fingerprint density at radius 3 is 2.56 bits per heavy atom. The topological polar surface area (TPSA) is 55.1 Å². The number of carbonyl (C=O) groups excluding carboxylic acids is 1. The summed E-state index contributed by atoms with van der Waals surface area (Å²) in [7, 11) is 0. The molecule has 0 aliphatic carbocycles. The molecule has 0 spiro atoms. The van der Waals surface area contributed by atoms with Crippen molar-refractivity contribution in [3.63, 3.8) is 0 Å². The van der Waals surface area contributed by atoms with E-state index in [9.17, 15) is 4.79 Å². The SMILES string of the molecule is NC(=O)c1cccc(CNc2ccc(I)cc2)c1. The zero-order valence-corrected chi connectivity index (χ0v) is 11.8. The smallest absolute Gasteiger partial charge is 0.248 e. The van der Waals surface area contributed by atoms with Crippen molar-refractivity contribution >= 4 is 34.2 Å². The zero-order valence-electron chi connectivity index (χ0n) is 9.69. The molecule has 0 saturated carbocycles. The van der Waals surface area contributed by atoms with Crippen LogP contribution in [0.4, 0.5) is 5.69 Å². The Labute approximate surface area is 120 Å². The third kappa shape index (κ3) is 3.46. The summed E-state index contributed by atoms with van der Waals surface area (Å²) in [4.78, 5) is 11.1. The van der Waals surface area contributed by atoms with Gasteiger partial charge in [0, 0.05) is 21.4 Å². The molecule has 0 aliphatic rings. The molecule has 2 rings (SSSR count). The largest absolute Gasteiger partial charge is 0.381 e. The fourth-order valence-electron chi connectivity index (χ4n) is 1.61. The number of primary amides is 1. The predicted octanol–water partition coefficient (Wildman–Crippen LogP) is 3.00. The number of nitrogens with two attached hydrogens (primary N) is 1. The Bertz CT molecular complexity index is 552. The van der Waals surface area contributed by atoms with Gasteiger partial charge < -0.3 is 11.1 Å². The molecule has 18 heavy (non-hydrogen) atoms. The van der Waals surface area contributed by atoms with E-state index < -0.39 is 5.91 Å². The molecule has 92 valence electrons. The average Bonchev–Trinajstić information content (AvgIpc) is 2.38. The standard InChI is InChI=1S/C14H13IN2O/c15-12-4-6-13(7-5-12)17-9-10-2-1-3-11(8-10)14(16)18/h1-8,17H,9H2,(H2,16,18). The van der Waals surface area contributed by atoms with Crippen molar-refractivity contribution in [1.82, 2.24) is 0 Å². The highest BCUT2D eigenvalue weighted by atomic mass is 127. The van der Waals surface area contributed by atoms with Crippen molar-refractivity contribution in [2.75, 3.05) is 5.32 Å². The van der Waals surface area contributed by atoms with E-state index in [0.29, 0.717) is 12.1 Å². The number of halogens is 1. The maximum atomic E-state index is 11.1. The molecule has 0 bridgehead atoms. The summed E-state index contributed by atoms with van der Waals surface area (Å²) in [6.07, 6.45) is 0. The van der Waals surface area contributed by atoms with Crippen molar-refractivity contribution in [2.45, 2.75) is 6.54 Å². The fourth-order valence-corrected chi connectivity index (χ4v) is 1.97. The second kappa shape index (κ2) is 5.86. The third-order valence-corrected chi connectivity index (χ3v) is 3.27. The first-order valence-corrected chi connectivity index (χ1v) is 6.61. The minimum absolute atomic E-state index is 0.397. The van der Waals surface area contributed by atoms with Crippen LogP contribution in [-0.4, -0.2) is 5.91 Å². The van der Waals surface area contributed by atoms with E-state index in [1.165, 1.54) is 3.57 Å². The van der Waals surface area contributed by atoms with Crippen molar-refractivity contribution in [2.24, 2.45) is 5.73 Å². The van der Waals surface area contributed by atoms with E-state index in [-0.39, 0.29) is 0 Å². The van der Waals surface area contributed by atoms with Crippen molar-refractivity contribution < 1.29 is 4.79 Å². The zero-order chi connectivity index (χ0) is 13.0. The second-order valence-corrected chi connectivity index (χ2v) is 5.17. The van der Waals surface area contributed by atoms with Gasteiger partial charge >= 0.3 is 0 Å². The van der Waals surface area contributed by atoms with Gasteiger partial charge in [0.1, 0.15) is 0 Å². The van der Waals surface area contributed by atoms with Gasteiger partial charge in [0.05, 0.1) is 0 Å². The number of amides is 1. The van der Waals surface area contributed by atoms with Gasteiger partial charge in [-0.2, -0.15) is 0 Å².